The quantitative estimate of drug-likeness (QED) is 0.232. The zero-order valence-corrected chi connectivity index (χ0v) is 21.2. The first kappa shape index (κ1) is 27.8. The number of hydrogen-bond acceptors (Lipinski definition) is 10. The van der Waals surface area contributed by atoms with E-state index >= 15 is 0 Å². The van der Waals surface area contributed by atoms with Crippen molar-refractivity contribution in [2.24, 2.45) is 29.1 Å². The molecule has 1 aliphatic heterocycles. The minimum absolute atomic E-state index is 0.0685. The molecule has 10 heteroatoms. The summed E-state index contributed by atoms with van der Waals surface area (Å²) in [6.07, 6.45) is -5.41. The van der Waals surface area contributed by atoms with E-state index in [0.29, 0.717) is 17.6 Å². The summed E-state index contributed by atoms with van der Waals surface area (Å²) < 4.78 is 11.0. The van der Waals surface area contributed by atoms with Crippen LogP contribution in [0.4, 0.5) is 0 Å². The second-order valence-electron chi connectivity index (χ2n) is 11.7. The van der Waals surface area contributed by atoms with E-state index in [-0.39, 0.29) is 30.3 Å². The van der Waals surface area contributed by atoms with Crippen molar-refractivity contribution in [3.8, 4) is 0 Å². The third-order valence-electron chi connectivity index (χ3n) is 9.06. The number of aliphatic hydroxyl groups is 7. The molecular weight excluding hydrogens is 472 g/mol. The fourth-order valence-electron chi connectivity index (χ4n) is 6.37. The average molecular weight is 513 g/mol. The van der Waals surface area contributed by atoms with E-state index < -0.39 is 72.7 Å². The van der Waals surface area contributed by atoms with Crippen molar-refractivity contribution in [3.05, 3.63) is 23.3 Å². The first-order valence-electron chi connectivity index (χ1n) is 12.7. The number of aliphatic hydroxyl groups excluding tert-OH is 6. The summed E-state index contributed by atoms with van der Waals surface area (Å²) in [7, 11) is 0. The Kier molecular flexibility index (Phi) is 7.60. The number of hydrogen-bond donors (Lipinski definition) is 7. The van der Waals surface area contributed by atoms with Crippen LogP contribution in [0.5, 0.6) is 0 Å². The summed E-state index contributed by atoms with van der Waals surface area (Å²) in [4.78, 5) is 13.5. The van der Waals surface area contributed by atoms with E-state index in [1.54, 1.807) is 19.9 Å². The van der Waals surface area contributed by atoms with Crippen molar-refractivity contribution < 1.29 is 50.0 Å². The fraction of sp³-hybridized carbons (Fsp3) is 0.808. The topological polar surface area (TPSA) is 177 Å². The van der Waals surface area contributed by atoms with Crippen LogP contribution in [0, 0.1) is 29.1 Å². The van der Waals surface area contributed by atoms with Gasteiger partial charge in [0.25, 0.3) is 0 Å². The molecule has 0 bridgehead atoms. The Balaban J connectivity index is 1.57. The largest absolute Gasteiger partial charge is 0.394 e. The summed E-state index contributed by atoms with van der Waals surface area (Å²) >= 11 is 0. The lowest BCUT2D eigenvalue weighted by atomic mass is 9.81. The number of ketones is 1. The zero-order chi connectivity index (χ0) is 26.7. The Labute approximate surface area is 210 Å². The standard InChI is InChI=1S/C26H40O10/c1-11-5-16-19(29)13(10-35-24-22(32)21(31)20(30)18(9-27)36-24)8-26(16,34)23(33)12(2)6-14-15(7-17(11)28)25(14,3)4/h5-6,13-22,24,27-32,34H,7-10H2,1-4H3/b11-5+,12-6+/t13-,14-,15+,16+,17-,18-,19+,20-,21+,22-,24-,26-/m1/s1. The van der Waals surface area contributed by atoms with Gasteiger partial charge in [0.15, 0.2) is 12.1 Å². The molecule has 1 heterocycles. The normalized spacial score (nSPS) is 51.8. The third kappa shape index (κ3) is 4.61. The number of carbonyl (C=O) groups is 1. The van der Waals surface area contributed by atoms with E-state index in [4.69, 9.17) is 9.47 Å². The number of allylic oxidation sites excluding steroid dienone is 1. The van der Waals surface area contributed by atoms with E-state index in [9.17, 15) is 40.5 Å². The van der Waals surface area contributed by atoms with Gasteiger partial charge in [-0.25, -0.2) is 0 Å². The average Bonchev–Trinajstić information content (AvgIpc) is 3.23. The first-order chi connectivity index (χ1) is 16.7. The van der Waals surface area contributed by atoms with Crippen molar-refractivity contribution in [2.75, 3.05) is 13.2 Å². The van der Waals surface area contributed by atoms with Gasteiger partial charge in [0.2, 0.25) is 0 Å². The number of Topliss-reactive ketones (excluding diaryl/α,β-unsaturated/α-hetero) is 1. The first-order valence-corrected chi connectivity index (χ1v) is 12.7. The predicted octanol–water partition coefficient (Wildman–Crippen LogP) is -0.970. The van der Waals surface area contributed by atoms with Crippen LogP contribution in [-0.2, 0) is 14.3 Å². The smallest absolute Gasteiger partial charge is 0.190 e. The molecule has 0 aromatic carbocycles. The van der Waals surface area contributed by atoms with Crippen LogP contribution in [-0.4, -0.2) is 103 Å². The number of fused-ring (bicyclic) bond motifs is 2. The minimum Gasteiger partial charge on any atom is -0.394 e. The van der Waals surface area contributed by atoms with Crippen LogP contribution in [0.15, 0.2) is 23.3 Å². The molecule has 0 amide bonds. The van der Waals surface area contributed by atoms with Crippen LogP contribution in [0.2, 0.25) is 0 Å². The van der Waals surface area contributed by atoms with Crippen molar-refractivity contribution >= 4 is 5.78 Å². The lowest BCUT2D eigenvalue weighted by molar-refractivity contribution is -0.304. The van der Waals surface area contributed by atoms with Gasteiger partial charge in [-0.1, -0.05) is 26.0 Å². The summed E-state index contributed by atoms with van der Waals surface area (Å²) in [5.74, 6) is -1.91. The third-order valence-corrected chi connectivity index (χ3v) is 9.06. The lowest BCUT2D eigenvalue weighted by Crippen LogP contribution is -2.59. The van der Waals surface area contributed by atoms with Gasteiger partial charge >= 0.3 is 0 Å². The van der Waals surface area contributed by atoms with Gasteiger partial charge in [-0.05, 0) is 55.1 Å². The van der Waals surface area contributed by atoms with Gasteiger partial charge in [-0.2, -0.15) is 0 Å². The Morgan fingerprint density at radius 3 is 2.31 bits per heavy atom. The van der Waals surface area contributed by atoms with Crippen LogP contribution in [0.3, 0.4) is 0 Å². The van der Waals surface area contributed by atoms with Gasteiger partial charge < -0.3 is 45.2 Å². The van der Waals surface area contributed by atoms with E-state index in [0.717, 1.165) is 0 Å². The number of rotatable bonds is 4. The Morgan fingerprint density at radius 1 is 1.00 bits per heavy atom. The van der Waals surface area contributed by atoms with Crippen molar-refractivity contribution in [1.82, 2.24) is 0 Å². The van der Waals surface area contributed by atoms with Crippen LogP contribution >= 0.6 is 0 Å². The van der Waals surface area contributed by atoms with Crippen molar-refractivity contribution in [1.29, 1.82) is 0 Å². The summed E-state index contributed by atoms with van der Waals surface area (Å²) in [5.41, 5.74) is -1.01. The predicted molar refractivity (Wildman–Crippen MR) is 126 cm³/mol. The highest BCUT2D eigenvalue weighted by molar-refractivity contribution is 6.02. The van der Waals surface area contributed by atoms with E-state index in [1.165, 1.54) is 0 Å². The van der Waals surface area contributed by atoms with Crippen LogP contribution in [0.1, 0.15) is 40.5 Å². The SMILES string of the molecule is C/C1=C\[C@@H]2[C@H](C[C@@H](O)/C(C)=C/[C@H]3[C@@H](O)[C@@H](CO[C@@H]4O[C@H](CO)[C@@H](O)[C@H](O)[C@H]4O)C[C@]3(O)C1=O)C2(C)C. The molecule has 36 heavy (non-hydrogen) atoms. The second kappa shape index (κ2) is 9.83. The summed E-state index contributed by atoms with van der Waals surface area (Å²) in [6, 6.07) is 0. The van der Waals surface area contributed by atoms with Gasteiger partial charge in [0.1, 0.15) is 30.0 Å². The highest BCUT2D eigenvalue weighted by Crippen LogP contribution is 2.62. The summed E-state index contributed by atoms with van der Waals surface area (Å²) in [5, 5.41) is 73.2. The minimum atomic E-state index is -1.93. The van der Waals surface area contributed by atoms with Crippen molar-refractivity contribution in [2.45, 2.75) is 89.1 Å². The number of carbonyl (C=O) groups excluding carboxylic acids is 1. The maximum Gasteiger partial charge on any atom is 0.190 e. The summed E-state index contributed by atoms with van der Waals surface area (Å²) in [6.45, 7) is 6.74. The van der Waals surface area contributed by atoms with Gasteiger partial charge in [-0.15, -0.1) is 0 Å². The van der Waals surface area contributed by atoms with Crippen molar-refractivity contribution in [3.63, 3.8) is 0 Å². The van der Waals surface area contributed by atoms with Gasteiger partial charge in [0.05, 0.1) is 25.4 Å². The maximum absolute atomic E-state index is 13.5. The molecule has 10 nitrogen and oxygen atoms in total. The molecule has 12 atom stereocenters. The van der Waals surface area contributed by atoms with Gasteiger partial charge in [0, 0.05) is 11.8 Å². The Hall–Kier alpha value is -1.21. The molecule has 3 fully saturated rings. The monoisotopic (exact) mass is 512 g/mol. The molecule has 1 saturated heterocycles. The molecule has 4 rings (SSSR count). The molecule has 0 spiro atoms. The second-order valence-corrected chi connectivity index (χ2v) is 11.7. The fourth-order valence-corrected chi connectivity index (χ4v) is 6.37. The molecule has 0 aromatic rings. The lowest BCUT2D eigenvalue weighted by Gasteiger charge is -2.40. The molecular formula is C26H40O10. The maximum atomic E-state index is 13.5. The molecule has 0 radical (unpaired) electrons. The van der Waals surface area contributed by atoms with Gasteiger partial charge in [-0.3, -0.25) is 4.79 Å². The molecule has 2 saturated carbocycles. The Bertz CT molecular complexity index is 912. The zero-order valence-electron chi connectivity index (χ0n) is 21.2. The molecule has 3 aliphatic carbocycles. The Morgan fingerprint density at radius 2 is 1.67 bits per heavy atom. The molecule has 0 unspecified atom stereocenters. The molecule has 0 aromatic heterocycles. The van der Waals surface area contributed by atoms with Crippen LogP contribution in [0.25, 0.3) is 0 Å². The van der Waals surface area contributed by atoms with Crippen LogP contribution < -0.4 is 0 Å². The molecule has 204 valence electrons. The molecule has 4 aliphatic rings. The van der Waals surface area contributed by atoms with E-state index in [2.05, 4.69) is 13.8 Å². The van der Waals surface area contributed by atoms with E-state index in [1.807, 2.05) is 6.08 Å². The highest BCUT2D eigenvalue weighted by atomic mass is 16.7. The molecule has 7 N–H and O–H groups in total. The highest BCUT2D eigenvalue weighted by Gasteiger charge is 2.59. The number of ether oxygens (including phenoxy) is 2.